The van der Waals surface area contributed by atoms with Crippen molar-refractivity contribution in [3.8, 4) is 0 Å². The summed E-state index contributed by atoms with van der Waals surface area (Å²) in [7, 11) is 0. The third-order valence-corrected chi connectivity index (χ3v) is 4.74. The predicted molar refractivity (Wildman–Crippen MR) is 62.1 cm³/mol. The molecule has 1 nitrogen and oxygen atoms in total. The molecule has 0 radical (unpaired) electrons. The molecule has 0 N–H and O–H groups in total. The maximum atomic E-state index is 4.72. The van der Waals surface area contributed by atoms with Gasteiger partial charge in [0, 0.05) is 11.1 Å². The molecule has 0 bridgehead atoms. The third kappa shape index (κ3) is 1.89. The molecule has 0 aromatic rings. The minimum Gasteiger partial charge on any atom is -0.242 e. The normalized spacial score (nSPS) is 27.5. The molecular formula is C11H23NS. The van der Waals surface area contributed by atoms with Crippen LogP contribution < -0.4 is 0 Å². The first-order valence-electron chi connectivity index (χ1n) is 5.48. The van der Waals surface area contributed by atoms with Crippen molar-refractivity contribution in [3.63, 3.8) is 0 Å². The fourth-order valence-electron chi connectivity index (χ4n) is 2.61. The second-order valence-corrected chi connectivity index (χ2v) is 5.31. The van der Waals surface area contributed by atoms with Crippen molar-refractivity contribution < 1.29 is 0 Å². The minimum absolute atomic E-state index is 0.271. The van der Waals surface area contributed by atoms with E-state index in [4.69, 9.17) is 12.8 Å². The molecule has 1 rings (SSSR count). The maximum Gasteiger partial charge on any atom is 0.0312 e. The Bertz CT molecular complexity index is 173. The minimum atomic E-state index is 0.271. The summed E-state index contributed by atoms with van der Waals surface area (Å²) in [5, 5.41) is 0. The lowest BCUT2D eigenvalue weighted by molar-refractivity contribution is 0.0373. The maximum absolute atomic E-state index is 4.72. The van der Waals surface area contributed by atoms with Crippen LogP contribution >= 0.6 is 12.8 Å². The molecule has 1 fully saturated rings. The summed E-state index contributed by atoms with van der Waals surface area (Å²) in [5.74, 6) is 0. The van der Waals surface area contributed by atoms with Crippen LogP contribution in [-0.4, -0.2) is 15.4 Å². The number of thiol groups is 1. The Balaban J connectivity index is 2.85. The highest BCUT2D eigenvalue weighted by atomic mass is 32.1. The molecule has 2 heteroatoms. The van der Waals surface area contributed by atoms with Gasteiger partial charge in [-0.05, 0) is 46.0 Å². The van der Waals surface area contributed by atoms with E-state index in [9.17, 15) is 0 Å². The molecule has 0 atom stereocenters. The van der Waals surface area contributed by atoms with Gasteiger partial charge in [-0.25, -0.2) is 4.31 Å². The first-order chi connectivity index (χ1) is 5.98. The second-order valence-electron chi connectivity index (χ2n) is 4.91. The highest BCUT2D eigenvalue weighted by Gasteiger charge is 2.43. The summed E-state index contributed by atoms with van der Waals surface area (Å²) < 4.78 is 2.32. The van der Waals surface area contributed by atoms with Crippen LogP contribution in [0.2, 0.25) is 0 Å². The molecule has 13 heavy (non-hydrogen) atoms. The van der Waals surface area contributed by atoms with Gasteiger partial charge in [-0.2, -0.15) is 0 Å². The molecular weight excluding hydrogens is 178 g/mol. The van der Waals surface area contributed by atoms with E-state index in [1.54, 1.807) is 0 Å². The third-order valence-electron chi connectivity index (χ3n) is 3.77. The molecule has 78 valence electrons. The average molecular weight is 201 g/mol. The molecule has 0 aromatic heterocycles. The quantitative estimate of drug-likeness (QED) is 0.667. The lowest BCUT2D eigenvalue weighted by Crippen LogP contribution is -2.55. The Kier molecular flexibility index (Phi) is 3.34. The fraction of sp³-hybridized carbons (Fsp3) is 1.00. The van der Waals surface area contributed by atoms with Gasteiger partial charge in [0.15, 0.2) is 0 Å². The standard InChI is InChI=1S/C11H23NS/c1-5-11(6-2)9-7-8-10(3,4)12(11)13/h13H,5-9H2,1-4H3. The van der Waals surface area contributed by atoms with Crippen LogP contribution in [-0.2, 0) is 0 Å². The second kappa shape index (κ2) is 3.82. The van der Waals surface area contributed by atoms with E-state index in [0.717, 1.165) is 0 Å². The Morgan fingerprint density at radius 1 is 1.15 bits per heavy atom. The summed E-state index contributed by atoms with van der Waals surface area (Å²) in [6.07, 6.45) is 6.38. The van der Waals surface area contributed by atoms with Crippen LogP contribution in [0.15, 0.2) is 0 Å². The van der Waals surface area contributed by atoms with E-state index in [-0.39, 0.29) is 5.54 Å². The first kappa shape index (κ1) is 11.4. The lowest BCUT2D eigenvalue weighted by Gasteiger charge is -2.52. The van der Waals surface area contributed by atoms with Crippen molar-refractivity contribution in [1.82, 2.24) is 4.31 Å². The summed E-state index contributed by atoms with van der Waals surface area (Å²) in [4.78, 5) is 0. The van der Waals surface area contributed by atoms with Gasteiger partial charge in [-0.1, -0.05) is 26.7 Å². The molecule has 0 spiro atoms. The number of rotatable bonds is 2. The predicted octanol–water partition coefficient (Wildman–Crippen LogP) is 3.65. The van der Waals surface area contributed by atoms with Crippen LogP contribution in [0, 0.1) is 0 Å². The SMILES string of the molecule is CCC1(CC)CCCC(C)(C)N1S. The highest BCUT2D eigenvalue weighted by Crippen LogP contribution is 2.43. The van der Waals surface area contributed by atoms with Crippen molar-refractivity contribution in [2.45, 2.75) is 70.9 Å². The molecule has 0 amide bonds. The lowest BCUT2D eigenvalue weighted by atomic mass is 9.77. The zero-order valence-corrected chi connectivity index (χ0v) is 10.3. The van der Waals surface area contributed by atoms with Crippen LogP contribution in [0.1, 0.15) is 59.8 Å². The Hall–Kier alpha value is 0.310. The molecule has 0 unspecified atom stereocenters. The summed E-state index contributed by atoms with van der Waals surface area (Å²) in [5.41, 5.74) is 0.623. The van der Waals surface area contributed by atoms with Gasteiger partial charge in [-0.15, -0.1) is 0 Å². The van der Waals surface area contributed by atoms with Gasteiger partial charge in [0.1, 0.15) is 0 Å². The van der Waals surface area contributed by atoms with E-state index >= 15 is 0 Å². The molecule has 1 heterocycles. The van der Waals surface area contributed by atoms with Gasteiger partial charge in [-0.3, -0.25) is 0 Å². The van der Waals surface area contributed by atoms with Crippen LogP contribution in [0.25, 0.3) is 0 Å². The summed E-state index contributed by atoms with van der Waals surface area (Å²) in [6, 6.07) is 0. The molecule has 0 aliphatic carbocycles. The zero-order valence-electron chi connectivity index (χ0n) is 9.43. The van der Waals surface area contributed by atoms with E-state index in [1.165, 1.54) is 32.1 Å². The van der Waals surface area contributed by atoms with E-state index in [2.05, 4.69) is 32.0 Å². The van der Waals surface area contributed by atoms with Gasteiger partial charge < -0.3 is 0 Å². The number of piperidine rings is 1. The van der Waals surface area contributed by atoms with Crippen molar-refractivity contribution >= 4 is 12.8 Å². The molecule has 0 saturated carbocycles. The van der Waals surface area contributed by atoms with Gasteiger partial charge >= 0.3 is 0 Å². The smallest absolute Gasteiger partial charge is 0.0312 e. The first-order valence-corrected chi connectivity index (χ1v) is 5.88. The van der Waals surface area contributed by atoms with Crippen molar-refractivity contribution in [1.29, 1.82) is 0 Å². The number of hydrogen-bond acceptors (Lipinski definition) is 2. The summed E-state index contributed by atoms with van der Waals surface area (Å²) >= 11 is 4.72. The van der Waals surface area contributed by atoms with Gasteiger partial charge in [0.25, 0.3) is 0 Å². The monoisotopic (exact) mass is 201 g/mol. The Morgan fingerprint density at radius 2 is 1.69 bits per heavy atom. The van der Waals surface area contributed by atoms with Crippen molar-refractivity contribution in [2.75, 3.05) is 0 Å². The largest absolute Gasteiger partial charge is 0.242 e. The molecule has 1 aliphatic rings. The van der Waals surface area contributed by atoms with Crippen molar-refractivity contribution in [3.05, 3.63) is 0 Å². The topological polar surface area (TPSA) is 3.24 Å². The Morgan fingerprint density at radius 3 is 2.08 bits per heavy atom. The summed E-state index contributed by atoms with van der Waals surface area (Å²) in [6.45, 7) is 9.18. The van der Waals surface area contributed by atoms with E-state index < -0.39 is 0 Å². The zero-order chi connectivity index (χ0) is 10.1. The fourth-order valence-corrected chi connectivity index (χ4v) is 3.09. The number of nitrogens with zero attached hydrogens (tertiary/aromatic N) is 1. The van der Waals surface area contributed by atoms with E-state index in [1.807, 2.05) is 0 Å². The number of hydrogen-bond donors (Lipinski definition) is 1. The Labute approximate surface area is 88.4 Å². The van der Waals surface area contributed by atoms with Crippen LogP contribution in [0.5, 0.6) is 0 Å². The average Bonchev–Trinajstić information content (AvgIpc) is 2.10. The highest BCUT2D eigenvalue weighted by molar-refractivity contribution is 7.77. The molecule has 0 aromatic carbocycles. The molecule has 1 aliphatic heterocycles. The van der Waals surface area contributed by atoms with Gasteiger partial charge in [0.2, 0.25) is 0 Å². The van der Waals surface area contributed by atoms with Crippen LogP contribution in [0.3, 0.4) is 0 Å². The molecule has 1 saturated heterocycles. The van der Waals surface area contributed by atoms with E-state index in [0.29, 0.717) is 5.54 Å². The van der Waals surface area contributed by atoms with Crippen LogP contribution in [0.4, 0.5) is 0 Å². The van der Waals surface area contributed by atoms with Crippen molar-refractivity contribution in [2.24, 2.45) is 0 Å². The van der Waals surface area contributed by atoms with Gasteiger partial charge in [0.05, 0.1) is 0 Å².